The molecule has 0 radical (unpaired) electrons. The van der Waals surface area contributed by atoms with E-state index in [9.17, 15) is 0 Å². The summed E-state index contributed by atoms with van der Waals surface area (Å²) in [7, 11) is 0. The predicted molar refractivity (Wildman–Crippen MR) is 41.4 cm³/mol. The summed E-state index contributed by atoms with van der Waals surface area (Å²) in [6.07, 6.45) is -3.87. The van der Waals surface area contributed by atoms with E-state index in [1.807, 2.05) is 0 Å². The number of hydrogen-bond acceptors (Lipinski definition) is 5. The maximum Gasteiger partial charge on any atom is 0.109 e. The third kappa shape index (κ3) is 4.52. The molecule has 0 unspecified atom stereocenters. The van der Waals surface area contributed by atoms with Gasteiger partial charge in [0, 0.05) is 6.54 Å². The Morgan fingerprint density at radius 1 is 1.09 bits per heavy atom. The predicted octanol–water partition coefficient (Wildman–Crippen LogP) is -2.56. The van der Waals surface area contributed by atoms with Gasteiger partial charge in [-0.3, -0.25) is 0 Å². The molecule has 0 saturated carbocycles. The van der Waals surface area contributed by atoms with E-state index in [0.717, 1.165) is 0 Å². The van der Waals surface area contributed by atoms with Crippen LogP contribution in [0.3, 0.4) is 0 Å². The van der Waals surface area contributed by atoms with Crippen molar-refractivity contribution in [1.82, 2.24) is 0 Å². The van der Waals surface area contributed by atoms with Gasteiger partial charge in [0.2, 0.25) is 0 Å². The average molecular weight is 188 g/mol. The van der Waals surface area contributed by atoms with E-state index < -0.39 is 24.9 Å². The number of rotatable bonds is 4. The van der Waals surface area contributed by atoms with Crippen molar-refractivity contribution in [3.63, 3.8) is 0 Å². The first-order valence-electron chi connectivity index (χ1n) is 2.98. The van der Waals surface area contributed by atoms with Crippen LogP contribution in [-0.4, -0.2) is 51.9 Å². The minimum atomic E-state index is -1.37. The second-order valence-electron chi connectivity index (χ2n) is 2.04. The summed E-state index contributed by atoms with van der Waals surface area (Å²) >= 11 is 0. The first-order chi connectivity index (χ1) is 4.63. The quantitative estimate of drug-likeness (QED) is 0.333. The molecule has 6 N–H and O–H groups in total. The fourth-order valence-corrected chi connectivity index (χ4v) is 0.504. The molecule has 3 atom stereocenters. The lowest BCUT2D eigenvalue weighted by atomic mass is 10.1. The number of hydrogen-bond donors (Lipinski definition) is 5. The van der Waals surface area contributed by atoms with Gasteiger partial charge in [0.25, 0.3) is 0 Å². The maximum absolute atomic E-state index is 8.85. The highest BCUT2D eigenvalue weighted by molar-refractivity contribution is 5.85. The zero-order valence-electron chi connectivity index (χ0n) is 5.92. The van der Waals surface area contributed by atoms with E-state index >= 15 is 0 Å². The van der Waals surface area contributed by atoms with Crippen molar-refractivity contribution in [2.45, 2.75) is 18.3 Å². The zero-order valence-corrected chi connectivity index (χ0v) is 6.74. The van der Waals surface area contributed by atoms with Crippen LogP contribution in [0.15, 0.2) is 0 Å². The molecule has 0 aromatic heterocycles. The maximum atomic E-state index is 8.85. The average Bonchev–Trinajstić information content (AvgIpc) is 2.00. The van der Waals surface area contributed by atoms with Crippen molar-refractivity contribution in [2.75, 3.05) is 13.2 Å². The normalized spacial score (nSPS) is 18.3. The smallest absolute Gasteiger partial charge is 0.109 e. The van der Waals surface area contributed by atoms with Gasteiger partial charge >= 0.3 is 0 Å². The molecule has 0 spiro atoms. The molecule has 0 bridgehead atoms. The Hall–Kier alpha value is 0.0900. The van der Waals surface area contributed by atoms with Crippen LogP contribution in [0.1, 0.15) is 0 Å². The number of aliphatic hydroxyl groups is 4. The van der Waals surface area contributed by atoms with Crippen LogP contribution in [0.4, 0.5) is 0 Å². The summed E-state index contributed by atoms with van der Waals surface area (Å²) in [6, 6.07) is 0. The molecule has 70 valence electrons. The van der Waals surface area contributed by atoms with Gasteiger partial charge in [-0.05, 0) is 0 Å². The topological polar surface area (TPSA) is 107 Å². The Balaban J connectivity index is 0. The third-order valence-electron chi connectivity index (χ3n) is 1.22. The molecular formula is C5H14ClNO4. The summed E-state index contributed by atoms with van der Waals surface area (Å²) < 4.78 is 0. The van der Waals surface area contributed by atoms with Gasteiger partial charge in [0.1, 0.15) is 12.2 Å². The SMILES string of the molecule is Cl.NC[C@@H](O)[C@H](O)[C@H](O)CO. The van der Waals surface area contributed by atoms with Crippen LogP contribution >= 0.6 is 12.4 Å². The van der Waals surface area contributed by atoms with Gasteiger partial charge in [-0.2, -0.15) is 0 Å². The van der Waals surface area contributed by atoms with Gasteiger partial charge < -0.3 is 26.2 Å². The number of nitrogens with two attached hydrogens (primary N) is 1. The molecule has 6 heteroatoms. The Kier molecular flexibility index (Phi) is 8.42. The van der Waals surface area contributed by atoms with Crippen LogP contribution in [0.2, 0.25) is 0 Å². The van der Waals surface area contributed by atoms with Crippen LogP contribution in [0.25, 0.3) is 0 Å². The summed E-state index contributed by atoms with van der Waals surface area (Å²) in [5.74, 6) is 0. The standard InChI is InChI=1S/C5H13NO4.ClH/c6-1-3(8)5(10)4(9)2-7;/h3-5,7-10H,1-2,6H2;1H/t3-,4-,5+;/m1./s1. The minimum absolute atomic E-state index is 0. The molecule has 0 rings (SSSR count). The van der Waals surface area contributed by atoms with Crippen molar-refractivity contribution >= 4 is 12.4 Å². The Morgan fingerprint density at radius 3 is 1.82 bits per heavy atom. The van der Waals surface area contributed by atoms with Crippen molar-refractivity contribution in [3.05, 3.63) is 0 Å². The largest absolute Gasteiger partial charge is 0.394 e. The second kappa shape index (κ2) is 6.78. The third-order valence-corrected chi connectivity index (χ3v) is 1.22. The lowest BCUT2D eigenvalue weighted by Gasteiger charge is -2.19. The van der Waals surface area contributed by atoms with Gasteiger partial charge in [0.05, 0.1) is 12.7 Å². The summed E-state index contributed by atoms with van der Waals surface area (Å²) in [6.45, 7) is -0.726. The molecule has 0 aliphatic rings. The highest BCUT2D eigenvalue weighted by atomic mass is 35.5. The molecule has 5 nitrogen and oxygen atoms in total. The zero-order chi connectivity index (χ0) is 8.15. The number of halogens is 1. The molecule has 0 amide bonds. The summed E-state index contributed by atoms with van der Waals surface area (Å²) in [5, 5.41) is 34.6. The Bertz CT molecular complexity index is 84.6. The van der Waals surface area contributed by atoms with E-state index in [4.69, 9.17) is 26.2 Å². The fourth-order valence-electron chi connectivity index (χ4n) is 0.504. The van der Waals surface area contributed by atoms with Crippen LogP contribution in [0, 0.1) is 0 Å². The lowest BCUT2D eigenvalue weighted by Crippen LogP contribution is -2.43. The molecule has 0 aromatic rings. The molecule has 0 saturated heterocycles. The van der Waals surface area contributed by atoms with Gasteiger partial charge in [-0.1, -0.05) is 0 Å². The highest BCUT2D eigenvalue weighted by Gasteiger charge is 2.22. The first-order valence-corrected chi connectivity index (χ1v) is 2.98. The van der Waals surface area contributed by atoms with Crippen LogP contribution < -0.4 is 5.73 Å². The van der Waals surface area contributed by atoms with E-state index in [2.05, 4.69) is 0 Å². The summed E-state index contributed by atoms with van der Waals surface area (Å²) in [4.78, 5) is 0. The van der Waals surface area contributed by atoms with Crippen LogP contribution in [-0.2, 0) is 0 Å². The second-order valence-corrected chi connectivity index (χ2v) is 2.04. The van der Waals surface area contributed by atoms with Crippen molar-refractivity contribution in [2.24, 2.45) is 5.73 Å². The van der Waals surface area contributed by atoms with Gasteiger partial charge in [0.15, 0.2) is 0 Å². The summed E-state index contributed by atoms with van der Waals surface area (Å²) in [5.41, 5.74) is 4.96. The molecule has 0 aliphatic carbocycles. The van der Waals surface area contributed by atoms with E-state index in [0.29, 0.717) is 0 Å². The monoisotopic (exact) mass is 187 g/mol. The van der Waals surface area contributed by atoms with E-state index in [1.54, 1.807) is 0 Å². The van der Waals surface area contributed by atoms with Crippen molar-refractivity contribution in [3.8, 4) is 0 Å². The highest BCUT2D eigenvalue weighted by Crippen LogP contribution is 1.97. The van der Waals surface area contributed by atoms with Crippen molar-refractivity contribution in [1.29, 1.82) is 0 Å². The lowest BCUT2D eigenvalue weighted by molar-refractivity contribution is -0.0727. The fraction of sp³-hybridized carbons (Fsp3) is 1.00. The van der Waals surface area contributed by atoms with E-state index in [1.165, 1.54) is 0 Å². The van der Waals surface area contributed by atoms with Gasteiger partial charge in [-0.15, -0.1) is 12.4 Å². The Morgan fingerprint density at radius 2 is 1.55 bits per heavy atom. The molecule has 0 fully saturated rings. The molecule has 11 heavy (non-hydrogen) atoms. The molecule has 0 aromatic carbocycles. The minimum Gasteiger partial charge on any atom is -0.394 e. The molecular weight excluding hydrogens is 174 g/mol. The number of aliphatic hydroxyl groups excluding tert-OH is 4. The first kappa shape index (κ1) is 13.7. The van der Waals surface area contributed by atoms with Gasteiger partial charge in [-0.25, -0.2) is 0 Å². The van der Waals surface area contributed by atoms with Crippen molar-refractivity contribution < 1.29 is 20.4 Å². The van der Waals surface area contributed by atoms with E-state index in [-0.39, 0.29) is 19.0 Å². The molecule has 0 aliphatic heterocycles. The van der Waals surface area contributed by atoms with Crippen LogP contribution in [0.5, 0.6) is 0 Å². The molecule has 0 heterocycles. The Labute approximate surface area is 70.9 Å².